The number of thiophene rings is 1. The zero-order valence-electron chi connectivity index (χ0n) is 17.9. The van der Waals surface area contributed by atoms with Crippen LogP contribution >= 0.6 is 34.5 Å². The fourth-order valence-corrected chi connectivity index (χ4v) is 4.47. The number of halogens is 3. The number of rotatable bonds is 7. The average Bonchev–Trinajstić information content (AvgIpc) is 3.36. The van der Waals surface area contributed by atoms with Crippen molar-refractivity contribution < 1.29 is 13.9 Å². The topological polar surface area (TPSA) is 56.1 Å². The SMILES string of the molecule is Cc1ccc(OCc2csc(C(=O)Nc3nn(Cc4ccc(F)cc4Cl)cc3Cl)c2)c(C)c1. The van der Waals surface area contributed by atoms with E-state index in [2.05, 4.69) is 16.5 Å². The van der Waals surface area contributed by atoms with Crippen molar-refractivity contribution in [2.45, 2.75) is 27.0 Å². The van der Waals surface area contributed by atoms with E-state index < -0.39 is 5.82 Å². The molecule has 1 N–H and O–H groups in total. The van der Waals surface area contributed by atoms with Crippen molar-refractivity contribution in [2.24, 2.45) is 0 Å². The van der Waals surface area contributed by atoms with Crippen molar-refractivity contribution in [1.29, 1.82) is 0 Å². The number of hydrogen-bond acceptors (Lipinski definition) is 4. The summed E-state index contributed by atoms with van der Waals surface area (Å²) < 4.78 is 20.7. The van der Waals surface area contributed by atoms with Crippen molar-refractivity contribution in [3.05, 3.63) is 97.0 Å². The van der Waals surface area contributed by atoms with E-state index in [1.807, 2.05) is 31.4 Å². The van der Waals surface area contributed by atoms with Gasteiger partial charge in [-0.25, -0.2) is 4.39 Å². The van der Waals surface area contributed by atoms with E-state index in [1.54, 1.807) is 18.3 Å². The molecule has 2 heterocycles. The second kappa shape index (κ2) is 9.95. The van der Waals surface area contributed by atoms with Crippen molar-refractivity contribution in [2.75, 3.05) is 5.32 Å². The lowest BCUT2D eigenvalue weighted by molar-refractivity contribution is 0.103. The van der Waals surface area contributed by atoms with Crippen LogP contribution in [0.4, 0.5) is 10.2 Å². The monoisotopic (exact) mass is 503 g/mol. The van der Waals surface area contributed by atoms with Gasteiger partial charge in [-0.15, -0.1) is 11.3 Å². The zero-order chi connectivity index (χ0) is 23.5. The van der Waals surface area contributed by atoms with Crippen LogP contribution in [-0.4, -0.2) is 15.7 Å². The van der Waals surface area contributed by atoms with Crippen molar-refractivity contribution in [3.63, 3.8) is 0 Å². The number of nitrogens with one attached hydrogen (secondary N) is 1. The van der Waals surface area contributed by atoms with Crippen LogP contribution in [0.25, 0.3) is 0 Å². The Morgan fingerprint density at radius 2 is 1.97 bits per heavy atom. The Morgan fingerprint density at radius 1 is 1.15 bits per heavy atom. The van der Waals surface area contributed by atoms with Crippen LogP contribution in [0.5, 0.6) is 5.75 Å². The zero-order valence-corrected chi connectivity index (χ0v) is 20.2. The molecule has 1 amide bonds. The van der Waals surface area contributed by atoms with Crippen molar-refractivity contribution >= 4 is 46.3 Å². The molecular formula is C24H20Cl2FN3O2S. The summed E-state index contributed by atoms with van der Waals surface area (Å²) in [7, 11) is 0. The Labute approximate surface area is 204 Å². The molecule has 0 saturated heterocycles. The predicted molar refractivity (Wildman–Crippen MR) is 130 cm³/mol. The van der Waals surface area contributed by atoms with Gasteiger partial charge in [-0.05, 0) is 54.6 Å². The van der Waals surface area contributed by atoms with E-state index in [0.29, 0.717) is 22.1 Å². The van der Waals surface area contributed by atoms with Gasteiger partial charge in [-0.2, -0.15) is 5.10 Å². The second-order valence-corrected chi connectivity index (χ2v) is 9.32. The Bertz CT molecular complexity index is 1320. The highest BCUT2D eigenvalue weighted by molar-refractivity contribution is 7.12. The molecule has 9 heteroatoms. The highest BCUT2D eigenvalue weighted by Gasteiger charge is 2.15. The molecule has 0 bridgehead atoms. The minimum absolute atomic E-state index is 0.237. The van der Waals surface area contributed by atoms with Gasteiger partial charge in [0.25, 0.3) is 5.91 Å². The minimum Gasteiger partial charge on any atom is -0.489 e. The van der Waals surface area contributed by atoms with Crippen molar-refractivity contribution in [1.82, 2.24) is 9.78 Å². The maximum absolute atomic E-state index is 13.2. The molecule has 0 aliphatic heterocycles. The van der Waals surface area contributed by atoms with Gasteiger partial charge in [-0.3, -0.25) is 9.48 Å². The average molecular weight is 504 g/mol. The van der Waals surface area contributed by atoms with Crippen LogP contribution in [-0.2, 0) is 13.2 Å². The summed E-state index contributed by atoms with van der Waals surface area (Å²) in [6.45, 7) is 4.69. The number of carbonyl (C=O) groups is 1. The summed E-state index contributed by atoms with van der Waals surface area (Å²) in [5.41, 5.74) is 3.82. The number of hydrogen-bond donors (Lipinski definition) is 1. The molecule has 0 atom stereocenters. The summed E-state index contributed by atoms with van der Waals surface area (Å²) in [6.07, 6.45) is 1.58. The summed E-state index contributed by atoms with van der Waals surface area (Å²) in [6, 6.07) is 11.9. The number of aryl methyl sites for hydroxylation is 2. The van der Waals surface area contributed by atoms with Gasteiger partial charge in [-0.1, -0.05) is 47.0 Å². The quantitative estimate of drug-likeness (QED) is 0.298. The number of nitrogens with zero attached hydrogens (tertiary/aromatic N) is 2. The Morgan fingerprint density at radius 3 is 2.73 bits per heavy atom. The van der Waals surface area contributed by atoms with Crippen LogP contribution in [0.1, 0.15) is 31.9 Å². The number of anilines is 1. The summed E-state index contributed by atoms with van der Waals surface area (Å²) in [4.78, 5) is 13.2. The van der Waals surface area contributed by atoms with E-state index >= 15 is 0 Å². The third-order valence-electron chi connectivity index (χ3n) is 4.90. The smallest absolute Gasteiger partial charge is 0.266 e. The van der Waals surface area contributed by atoms with E-state index in [4.69, 9.17) is 27.9 Å². The third-order valence-corrected chi connectivity index (χ3v) is 6.50. The first-order valence-electron chi connectivity index (χ1n) is 10.0. The fraction of sp³-hybridized carbons (Fsp3) is 0.167. The van der Waals surface area contributed by atoms with Crippen LogP contribution in [0.3, 0.4) is 0 Å². The molecule has 0 aliphatic rings. The number of benzene rings is 2. The van der Waals surface area contributed by atoms with Gasteiger partial charge in [0.15, 0.2) is 5.82 Å². The number of aromatic nitrogens is 2. The highest BCUT2D eigenvalue weighted by atomic mass is 35.5. The predicted octanol–water partition coefficient (Wildman–Crippen LogP) is 6.89. The minimum atomic E-state index is -0.412. The number of amides is 1. The molecule has 0 fully saturated rings. The van der Waals surface area contributed by atoms with Crippen LogP contribution < -0.4 is 10.1 Å². The maximum atomic E-state index is 13.2. The molecule has 0 aliphatic carbocycles. The van der Waals surface area contributed by atoms with E-state index in [0.717, 1.165) is 16.9 Å². The summed E-state index contributed by atoms with van der Waals surface area (Å²) >= 11 is 13.6. The first-order chi connectivity index (χ1) is 15.8. The van der Waals surface area contributed by atoms with Gasteiger partial charge in [0, 0.05) is 16.8 Å². The lowest BCUT2D eigenvalue weighted by atomic mass is 10.1. The maximum Gasteiger partial charge on any atom is 0.266 e. The third kappa shape index (κ3) is 5.74. The van der Waals surface area contributed by atoms with Gasteiger partial charge in [0.05, 0.1) is 11.4 Å². The van der Waals surface area contributed by atoms with Gasteiger partial charge < -0.3 is 10.1 Å². The first-order valence-corrected chi connectivity index (χ1v) is 11.7. The molecule has 170 valence electrons. The molecule has 0 unspecified atom stereocenters. The summed E-state index contributed by atoms with van der Waals surface area (Å²) in [5, 5.41) is 9.51. The van der Waals surface area contributed by atoms with Crippen molar-refractivity contribution in [3.8, 4) is 5.75 Å². The van der Waals surface area contributed by atoms with Crippen LogP contribution in [0.15, 0.2) is 54.0 Å². The molecule has 4 rings (SSSR count). The van der Waals surface area contributed by atoms with E-state index in [1.165, 1.54) is 33.7 Å². The second-order valence-electron chi connectivity index (χ2n) is 7.59. The van der Waals surface area contributed by atoms with Gasteiger partial charge in [0.2, 0.25) is 0 Å². The molecule has 4 aromatic rings. The Kier molecular flexibility index (Phi) is 7.02. The number of ether oxygens (including phenoxy) is 1. The molecule has 0 spiro atoms. The first kappa shape index (κ1) is 23.3. The molecule has 5 nitrogen and oxygen atoms in total. The van der Waals surface area contributed by atoms with E-state index in [9.17, 15) is 9.18 Å². The lowest BCUT2D eigenvalue weighted by Crippen LogP contribution is -2.12. The molecule has 2 aromatic heterocycles. The molecule has 0 saturated carbocycles. The Balaban J connectivity index is 1.39. The van der Waals surface area contributed by atoms with Crippen LogP contribution in [0.2, 0.25) is 10.0 Å². The molecular weight excluding hydrogens is 484 g/mol. The standard InChI is InChI=1S/C24H20Cl2FN3O2S/c1-14-3-6-21(15(2)7-14)32-12-16-8-22(33-13-16)24(31)28-23-20(26)11-30(29-23)10-17-4-5-18(27)9-19(17)25/h3-9,11,13H,10,12H2,1-2H3,(H,28,29,31). The normalized spacial score (nSPS) is 10.9. The number of carbonyl (C=O) groups excluding carboxylic acids is 1. The fourth-order valence-electron chi connectivity index (χ4n) is 3.25. The Hall–Kier alpha value is -2.87. The lowest BCUT2D eigenvalue weighted by Gasteiger charge is -2.08. The molecule has 0 radical (unpaired) electrons. The largest absolute Gasteiger partial charge is 0.489 e. The molecule has 2 aromatic carbocycles. The molecule has 33 heavy (non-hydrogen) atoms. The van der Waals surface area contributed by atoms with Gasteiger partial charge in [0.1, 0.15) is 23.2 Å². The van der Waals surface area contributed by atoms with E-state index in [-0.39, 0.29) is 23.3 Å². The van der Waals surface area contributed by atoms with Gasteiger partial charge >= 0.3 is 0 Å². The van der Waals surface area contributed by atoms with Crippen LogP contribution in [0, 0.1) is 19.7 Å². The highest BCUT2D eigenvalue weighted by Crippen LogP contribution is 2.25. The summed E-state index contributed by atoms with van der Waals surface area (Å²) in [5.74, 6) is 0.326.